The molecule has 0 saturated carbocycles. The summed E-state index contributed by atoms with van der Waals surface area (Å²) in [6.45, 7) is 1.47. The second kappa shape index (κ2) is 13.9. The first-order valence-corrected chi connectivity index (χ1v) is 15.1. The molecule has 2 aromatic carbocycles. The van der Waals surface area contributed by atoms with E-state index in [1.54, 1.807) is 12.1 Å². The second-order valence-corrected chi connectivity index (χ2v) is 12.0. The van der Waals surface area contributed by atoms with Crippen molar-refractivity contribution in [1.29, 1.82) is 0 Å². The number of carbonyl (C=O) groups is 3. The van der Waals surface area contributed by atoms with E-state index in [0.29, 0.717) is 44.1 Å². The minimum absolute atomic E-state index is 0.00549. The fourth-order valence-corrected chi connectivity index (χ4v) is 5.96. The van der Waals surface area contributed by atoms with Crippen LogP contribution < -0.4 is 15.6 Å². The Morgan fingerprint density at radius 3 is 2.29 bits per heavy atom. The highest BCUT2D eigenvalue weighted by Gasteiger charge is 2.37. The summed E-state index contributed by atoms with van der Waals surface area (Å²) in [6, 6.07) is 9.54. The predicted molar refractivity (Wildman–Crippen MR) is 168 cm³/mol. The van der Waals surface area contributed by atoms with Gasteiger partial charge >= 0.3 is 18.3 Å². The molecule has 2 saturated heterocycles. The first-order chi connectivity index (χ1) is 22.6. The fraction of sp³-hybridized carbons (Fsp3) is 0.233. The Balaban J connectivity index is 1.27. The molecule has 2 aliphatic heterocycles. The molecule has 2 amide bonds. The highest BCUT2D eigenvalue weighted by molar-refractivity contribution is 8.26. The molecule has 0 unspecified atom stereocenters. The number of nitrogens with one attached hydrogen (secondary N) is 2. The number of hydrazine groups is 1. The van der Waals surface area contributed by atoms with Gasteiger partial charge in [-0.05, 0) is 54.6 Å². The van der Waals surface area contributed by atoms with Gasteiger partial charge in [-0.3, -0.25) is 9.59 Å². The van der Waals surface area contributed by atoms with Crippen molar-refractivity contribution in [3.05, 3.63) is 81.9 Å². The van der Waals surface area contributed by atoms with Crippen molar-refractivity contribution in [1.82, 2.24) is 15.4 Å². The van der Waals surface area contributed by atoms with E-state index in [4.69, 9.17) is 17.0 Å². The zero-order valence-electron chi connectivity index (χ0n) is 24.3. The fourth-order valence-electron chi connectivity index (χ4n) is 4.75. The molecule has 2 fully saturated rings. The number of alkyl halides is 6. The Kier molecular flexibility index (Phi) is 10.1. The van der Waals surface area contributed by atoms with Crippen LogP contribution in [0, 0.1) is 0 Å². The van der Waals surface area contributed by atoms with Gasteiger partial charge in [0.2, 0.25) is 5.91 Å². The van der Waals surface area contributed by atoms with E-state index in [1.165, 1.54) is 30.3 Å². The number of aromatic nitrogens is 1. The van der Waals surface area contributed by atoms with Gasteiger partial charge in [0.25, 0.3) is 5.91 Å². The molecule has 3 aromatic rings. The van der Waals surface area contributed by atoms with Crippen LogP contribution in [0.25, 0.3) is 17.3 Å². The van der Waals surface area contributed by atoms with E-state index in [1.807, 2.05) is 4.90 Å². The molecule has 0 radical (unpaired) electrons. The highest BCUT2D eigenvalue weighted by Crippen LogP contribution is 2.39. The summed E-state index contributed by atoms with van der Waals surface area (Å²) in [5.41, 5.74) is -0.320. The highest BCUT2D eigenvalue weighted by atomic mass is 32.2. The van der Waals surface area contributed by atoms with Crippen LogP contribution in [0.3, 0.4) is 0 Å². The SMILES string of the molecule is O=C(CNN1C(=O)C(=Cc2cccc(-c3cc(C(F)(F)F)cc(C(F)(F)F)c3)n2)SC1=S)Nc1ccc(N2CCOCC2)c(C(=O)O)c1. The third-order valence-electron chi connectivity index (χ3n) is 6.99. The van der Waals surface area contributed by atoms with Crippen molar-refractivity contribution in [2.45, 2.75) is 12.4 Å². The van der Waals surface area contributed by atoms with Crippen molar-refractivity contribution in [2.24, 2.45) is 0 Å². The number of ether oxygens (including phenoxy) is 1. The van der Waals surface area contributed by atoms with E-state index in [0.717, 1.165) is 16.8 Å². The number of morpholine rings is 1. The summed E-state index contributed by atoms with van der Waals surface area (Å²) in [5, 5.41) is 13.2. The van der Waals surface area contributed by atoms with Gasteiger partial charge in [0.15, 0.2) is 4.32 Å². The van der Waals surface area contributed by atoms with Crippen molar-refractivity contribution >= 4 is 63.5 Å². The summed E-state index contributed by atoms with van der Waals surface area (Å²) in [4.78, 5) is 43.6. The van der Waals surface area contributed by atoms with E-state index < -0.39 is 53.4 Å². The van der Waals surface area contributed by atoms with Gasteiger partial charge in [-0.2, -0.15) is 26.3 Å². The van der Waals surface area contributed by atoms with Crippen LogP contribution in [-0.4, -0.2) is 70.1 Å². The normalized spacial score (nSPS) is 16.5. The molecular formula is C30H23F6N5O5S2. The lowest BCUT2D eigenvalue weighted by molar-refractivity contribution is -0.143. The van der Waals surface area contributed by atoms with Crippen LogP contribution in [0.1, 0.15) is 27.2 Å². The Morgan fingerprint density at radius 1 is 1.00 bits per heavy atom. The number of anilines is 2. The van der Waals surface area contributed by atoms with Gasteiger partial charge in [0, 0.05) is 24.3 Å². The van der Waals surface area contributed by atoms with Crippen molar-refractivity contribution < 1.29 is 50.6 Å². The molecule has 2 aliphatic rings. The number of rotatable bonds is 8. The second-order valence-electron chi connectivity index (χ2n) is 10.3. The number of thioether (sulfide) groups is 1. The molecule has 18 heteroatoms. The summed E-state index contributed by atoms with van der Waals surface area (Å²) in [6.07, 6.45) is -8.83. The zero-order chi connectivity index (χ0) is 34.8. The van der Waals surface area contributed by atoms with Gasteiger partial charge in [0.05, 0.1) is 58.4 Å². The lowest BCUT2D eigenvalue weighted by Crippen LogP contribution is -2.45. The third-order valence-corrected chi connectivity index (χ3v) is 8.29. The molecule has 10 nitrogen and oxygen atoms in total. The van der Waals surface area contributed by atoms with Crippen molar-refractivity contribution in [3.63, 3.8) is 0 Å². The van der Waals surface area contributed by atoms with Crippen LogP contribution >= 0.6 is 24.0 Å². The smallest absolute Gasteiger partial charge is 0.416 e. The molecule has 3 N–H and O–H groups in total. The number of benzene rings is 2. The van der Waals surface area contributed by atoms with Crippen LogP contribution in [0.4, 0.5) is 37.7 Å². The molecule has 0 aliphatic carbocycles. The Bertz CT molecular complexity index is 1780. The van der Waals surface area contributed by atoms with Crippen LogP contribution in [0.2, 0.25) is 0 Å². The monoisotopic (exact) mass is 711 g/mol. The molecule has 3 heterocycles. The number of halogens is 6. The molecule has 48 heavy (non-hydrogen) atoms. The van der Waals surface area contributed by atoms with Gasteiger partial charge in [-0.25, -0.2) is 20.2 Å². The zero-order valence-corrected chi connectivity index (χ0v) is 25.9. The van der Waals surface area contributed by atoms with Crippen molar-refractivity contribution in [2.75, 3.05) is 43.1 Å². The average Bonchev–Trinajstić information content (AvgIpc) is 3.30. The average molecular weight is 712 g/mol. The summed E-state index contributed by atoms with van der Waals surface area (Å²) < 4.78 is 85.4. The molecule has 0 bridgehead atoms. The van der Waals surface area contributed by atoms with E-state index in [-0.39, 0.29) is 37.9 Å². The largest absolute Gasteiger partial charge is 0.478 e. The van der Waals surface area contributed by atoms with Crippen LogP contribution in [0.5, 0.6) is 0 Å². The van der Waals surface area contributed by atoms with Gasteiger partial charge < -0.3 is 20.1 Å². The number of amides is 2. The molecular weight excluding hydrogens is 688 g/mol. The van der Waals surface area contributed by atoms with Crippen LogP contribution in [0.15, 0.2) is 59.5 Å². The summed E-state index contributed by atoms with van der Waals surface area (Å²) in [7, 11) is 0. The van der Waals surface area contributed by atoms with Gasteiger partial charge in [-0.1, -0.05) is 30.0 Å². The number of hydrogen-bond donors (Lipinski definition) is 3. The standard InChI is InChI=1S/C30H23F6N5O5S2/c31-29(32,33)17-10-16(11-18(12-17)30(34,35)36)22-3-1-2-19(38-22)14-24-26(43)41(28(47)48-24)37-15-25(42)39-20-4-5-23(21(13-20)27(44)45)40-6-8-46-9-7-40/h1-5,10-14,37H,6-9,15H2,(H,39,42)(H,44,45). The quantitative estimate of drug-likeness (QED) is 0.153. The Morgan fingerprint density at radius 2 is 1.67 bits per heavy atom. The molecule has 252 valence electrons. The minimum Gasteiger partial charge on any atom is -0.478 e. The maximum atomic E-state index is 13.4. The topological polar surface area (TPSA) is 124 Å². The van der Waals surface area contributed by atoms with E-state index >= 15 is 0 Å². The van der Waals surface area contributed by atoms with Gasteiger partial charge in [0.1, 0.15) is 0 Å². The minimum atomic E-state index is -5.04. The number of pyridine rings is 1. The predicted octanol–water partition coefficient (Wildman–Crippen LogP) is 5.67. The molecule has 5 rings (SSSR count). The molecule has 0 spiro atoms. The van der Waals surface area contributed by atoms with E-state index in [9.17, 15) is 45.8 Å². The number of aromatic carboxylic acids is 1. The third kappa shape index (κ3) is 8.12. The summed E-state index contributed by atoms with van der Waals surface area (Å²) >= 11 is 6.06. The lowest BCUT2D eigenvalue weighted by atomic mass is 10.0. The summed E-state index contributed by atoms with van der Waals surface area (Å²) in [5.74, 6) is -2.50. The first-order valence-electron chi connectivity index (χ1n) is 13.9. The van der Waals surface area contributed by atoms with Crippen molar-refractivity contribution in [3.8, 4) is 11.3 Å². The Hall–Kier alpha value is -4.52. The first kappa shape index (κ1) is 34.8. The van der Waals surface area contributed by atoms with E-state index in [2.05, 4.69) is 15.7 Å². The number of thiocarbonyl (C=S) groups is 1. The number of carbonyl (C=O) groups excluding carboxylic acids is 2. The van der Waals surface area contributed by atoms with Gasteiger partial charge in [-0.15, -0.1) is 0 Å². The maximum absolute atomic E-state index is 13.4. The molecule has 1 aromatic heterocycles. The molecule has 0 atom stereocenters. The maximum Gasteiger partial charge on any atom is 0.416 e. The Labute approximate surface area is 277 Å². The number of carboxylic acid groups (broad SMARTS) is 1. The number of carboxylic acids is 1. The van der Waals surface area contributed by atoms with Crippen LogP contribution in [-0.2, 0) is 26.7 Å². The number of nitrogens with zero attached hydrogens (tertiary/aromatic N) is 3. The lowest BCUT2D eigenvalue weighted by Gasteiger charge is -2.30. The number of hydrogen-bond acceptors (Lipinski definition) is 9.